The Labute approximate surface area is 113 Å². The number of rotatable bonds is 3. The fraction of sp³-hybridized carbons (Fsp3) is 0.571. The molecule has 2 unspecified atom stereocenters. The second-order valence-electron chi connectivity index (χ2n) is 5.19. The van der Waals surface area contributed by atoms with Gasteiger partial charge in [-0.1, -0.05) is 31.4 Å². The van der Waals surface area contributed by atoms with Gasteiger partial charge in [-0.25, -0.2) is 4.98 Å². The normalized spacial score (nSPS) is 23.4. The van der Waals surface area contributed by atoms with E-state index in [1.165, 1.54) is 25.7 Å². The average molecular weight is 264 g/mol. The summed E-state index contributed by atoms with van der Waals surface area (Å²) in [5.74, 6) is 2.24. The van der Waals surface area contributed by atoms with Crippen molar-refractivity contribution in [2.45, 2.75) is 32.6 Å². The third-order valence-electron chi connectivity index (χ3n) is 3.54. The van der Waals surface area contributed by atoms with Crippen LogP contribution >= 0.6 is 11.6 Å². The molecule has 4 heteroatoms. The Morgan fingerprint density at radius 3 is 3.06 bits per heavy atom. The SMILES string of the molecule is CC1CCCC(CNc2cc(C#N)cc(Cl)n2)C1. The Balaban J connectivity index is 1.93. The first-order valence-corrected chi connectivity index (χ1v) is 6.86. The molecule has 0 aromatic carbocycles. The van der Waals surface area contributed by atoms with E-state index in [9.17, 15) is 0 Å². The largest absolute Gasteiger partial charge is 0.370 e. The van der Waals surface area contributed by atoms with Crippen molar-refractivity contribution in [1.82, 2.24) is 4.98 Å². The van der Waals surface area contributed by atoms with Gasteiger partial charge in [0.1, 0.15) is 11.0 Å². The molecule has 0 radical (unpaired) electrons. The van der Waals surface area contributed by atoms with Crippen molar-refractivity contribution in [3.63, 3.8) is 0 Å². The minimum atomic E-state index is 0.369. The molecule has 2 rings (SSSR count). The first kappa shape index (κ1) is 13.2. The van der Waals surface area contributed by atoms with Crippen molar-refractivity contribution in [2.24, 2.45) is 11.8 Å². The van der Waals surface area contributed by atoms with Gasteiger partial charge in [0, 0.05) is 6.54 Å². The van der Waals surface area contributed by atoms with Gasteiger partial charge in [0.05, 0.1) is 11.6 Å². The number of nitrogens with one attached hydrogen (secondary N) is 1. The summed E-state index contributed by atoms with van der Waals surface area (Å²) in [6.07, 6.45) is 5.23. The quantitative estimate of drug-likeness (QED) is 0.843. The zero-order valence-corrected chi connectivity index (χ0v) is 11.4. The Morgan fingerprint density at radius 1 is 1.50 bits per heavy atom. The minimum absolute atomic E-state index is 0.369. The molecule has 1 heterocycles. The van der Waals surface area contributed by atoms with Crippen LogP contribution in [0.2, 0.25) is 5.15 Å². The summed E-state index contributed by atoms with van der Waals surface area (Å²) in [4.78, 5) is 4.19. The molecule has 1 aromatic heterocycles. The lowest BCUT2D eigenvalue weighted by atomic mass is 9.82. The topological polar surface area (TPSA) is 48.7 Å². The lowest BCUT2D eigenvalue weighted by Gasteiger charge is -2.26. The molecular formula is C14H18ClN3. The monoisotopic (exact) mass is 263 g/mol. The van der Waals surface area contributed by atoms with E-state index in [1.54, 1.807) is 12.1 Å². The zero-order chi connectivity index (χ0) is 13.0. The fourth-order valence-electron chi connectivity index (χ4n) is 2.65. The molecule has 96 valence electrons. The lowest BCUT2D eigenvalue weighted by molar-refractivity contribution is 0.293. The number of anilines is 1. The maximum atomic E-state index is 8.87. The van der Waals surface area contributed by atoms with Gasteiger partial charge in [-0.15, -0.1) is 0 Å². The van der Waals surface area contributed by atoms with Crippen molar-refractivity contribution in [2.75, 3.05) is 11.9 Å². The summed E-state index contributed by atoms with van der Waals surface area (Å²) in [6, 6.07) is 5.42. The zero-order valence-electron chi connectivity index (χ0n) is 10.6. The molecule has 2 atom stereocenters. The van der Waals surface area contributed by atoms with Crippen LogP contribution in [0.3, 0.4) is 0 Å². The third-order valence-corrected chi connectivity index (χ3v) is 3.73. The van der Waals surface area contributed by atoms with E-state index in [0.717, 1.165) is 12.5 Å². The second kappa shape index (κ2) is 6.06. The van der Waals surface area contributed by atoms with Crippen LogP contribution in [-0.4, -0.2) is 11.5 Å². The molecule has 0 amide bonds. The van der Waals surface area contributed by atoms with Crippen LogP contribution in [0.5, 0.6) is 0 Å². The van der Waals surface area contributed by atoms with Crippen LogP contribution in [0.15, 0.2) is 12.1 Å². The number of hydrogen-bond acceptors (Lipinski definition) is 3. The minimum Gasteiger partial charge on any atom is -0.370 e. The van der Waals surface area contributed by atoms with E-state index in [0.29, 0.717) is 22.5 Å². The van der Waals surface area contributed by atoms with Crippen LogP contribution < -0.4 is 5.32 Å². The molecule has 1 aliphatic rings. The van der Waals surface area contributed by atoms with Crippen molar-refractivity contribution in [3.8, 4) is 6.07 Å². The van der Waals surface area contributed by atoms with Gasteiger partial charge in [-0.05, 0) is 36.8 Å². The maximum Gasteiger partial charge on any atom is 0.132 e. The summed E-state index contributed by atoms with van der Waals surface area (Å²) in [6.45, 7) is 3.24. The molecule has 0 bridgehead atoms. The van der Waals surface area contributed by atoms with E-state index < -0.39 is 0 Å². The molecule has 3 nitrogen and oxygen atoms in total. The highest BCUT2D eigenvalue weighted by Gasteiger charge is 2.18. The number of pyridine rings is 1. The smallest absolute Gasteiger partial charge is 0.132 e. The van der Waals surface area contributed by atoms with Gasteiger partial charge in [0.25, 0.3) is 0 Å². The predicted molar refractivity (Wildman–Crippen MR) is 73.6 cm³/mol. The Bertz CT molecular complexity index is 453. The van der Waals surface area contributed by atoms with Crippen molar-refractivity contribution < 1.29 is 0 Å². The molecule has 1 aliphatic carbocycles. The van der Waals surface area contributed by atoms with E-state index in [1.807, 2.05) is 0 Å². The fourth-order valence-corrected chi connectivity index (χ4v) is 2.85. The molecule has 18 heavy (non-hydrogen) atoms. The molecule has 0 spiro atoms. The summed E-state index contributed by atoms with van der Waals surface area (Å²) >= 11 is 5.87. The van der Waals surface area contributed by atoms with Gasteiger partial charge in [0.2, 0.25) is 0 Å². The number of nitrogens with zero attached hydrogens (tertiary/aromatic N) is 2. The number of nitriles is 1. The summed E-state index contributed by atoms with van der Waals surface area (Å²) < 4.78 is 0. The van der Waals surface area contributed by atoms with E-state index >= 15 is 0 Å². The summed E-state index contributed by atoms with van der Waals surface area (Å²) in [5, 5.41) is 12.5. The molecule has 1 saturated carbocycles. The van der Waals surface area contributed by atoms with Crippen LogP contribution in [0, 0.1) is 23.2 Å². The molecule has 1 aromatic rings. The average Bonchev–Trinajstić information content (AvgIpc) is 2.36. The first-order valence-electron chi connectivity index (χ1n) is 6.49. The van der Waals surface area contributed by atoms with Crippen molar-refractivity contribution in [3.05, 3.63) is 22.8 Å². The van der Waals surface area contributed by atoms with E-state index in [2.05, 4.69) is 23.3 Å². The highest BCUT2D eigenvalue weighted by Crippen LogP contribution is 2.28. The molecular weight excluding hydrogens is 246 g/mol. The first-order chi connectivity index (χ1) is 8.67. The van der Waals surface area contributed by atoms with E-state index in [4.69, 9.17) is 16.9 Å². The highest BCUT2D eigenvalue weighted by atomic mass is 35.5. The number of hydrogen-bond donors (Lipinski definition) is 1. The highest BCUT2D eigenvalue weighted by molar-refractivity contribution is 6.29. The molecule has 0 aliphatic heterocycles. The van der Waals surface area contributed by atoms with Gasteiger partial charge < -0.3 is 5.32 Å². The number of halogens is 1. The van der Waals surface area contributed by atoms with Gasteiger partial charge in [-0.3, -0.25) is 0 Å². The predicted octanol–water partition coefficient (Wildman–Crippen LogP) is 3.84. The van der Waals surface area contributed by atoms with Gasteiger partial charge in [-0.2, -0.15) is 5.26 Å². The standard InChI is InChI=1S/C14H18ClN3/c1-10-3-2-4-11(5-10)9-17-14-7-12(8-16)6-13(15)18-14/h6-7,10-11H,2-5,9H2,1H3,(H,17,18). The van der Waals surface area contributed by atoms with Crippen LogP contribution in [0.25, 0.3) is 0 Å². The van der Waals surface area contributed by atoms with Crippen LogP contribution in [-0.2, 0) is 0 Å². The maximum absolute atomic E-state index is 8.87. The third kappa shape index (κ3) is 3.61. The van der Waals surface area contributed by atoms with Gasteiger partial charge in [0.15, 0.2) is 0 Å². The number of aromatic nitrogens is 1. The Kier molecular flexibility index (Phi) is 4.43. The Morgan fingerprint density at radius 2 is 2.33 bits per heavy atom. The second-order valence-corrected chi connectivity index (χ2v) is 5.58. The molecule has 1 fully saturated rings. The van der Waals surface area contributed by atoms with Gasteiger partial charge >= 0.3 is 0 Å². The van der Waals surface area contributed by atoms with Crippen molar-refractivity contribution in [1.29, 1.82) is 5.26 Å². The van der Waals surface area contributed by atoms with Crippen molar-refractivity contribution >= 4 is 17.4 Å². The summed E-state index contributed by atoms with van der Waals surface area (Å²) in [7, 11) is 0. The molecule has 0 saturated heterocycles. The Hall–Kier alpha value is -1.27. The molecule has 1 N–H and O–H groups in total. The summed E-state index contributed by atoms with van der Waals surface area (Å²) in [5.41, 5.74) is 0.550. The van der Waals surface area contributed by atoms with Crippen LogP contribution in [0.4, 0.5) is 5.82 Å². The van der Waals surface area contributed by atoms with E-state index in [-0.39, 0.29) is 0 Å². The lowest BCUT2D eigenvalue weighted by Crippen LogP contribution is -2.21. The van der Waals surface area contributed by atoms with Crippen LogP contribution in [0.1, 0.15) is 38.2 Å².